The number of hydrogen-bond acceptors (Lipinski definition) is 6. The summed E-state index contributed by atoms with van der Waals surface area (Å²) in [5.41, 5.74) is -0.406. The number of anilines is 3. The van der Waals surface area contributed by atoms with Crippen molar-refractivity contribution in [3.63, 3.8) is 0 Å². The first-order valence-electron chi connectivity index (χ1n) is 11.2. The van der Waals surface area contributed by atoms with Gasteiger partial charge in [0.15, 0.2) is 0 Å². The standard InChI is InChI=1S/C25H28F3N5O3/c1-14(2)20(33-23(35)36-24(3,4)5)22(34)32-17-9-10-19-18(12-17)21(30-13-29-19)31-16-8-6-7-15(11-16)25(26,27)28/h6-14,20H,1-5H3,(H,32,34)(H,33,35)(H,29,30,31)/t20-/m1/s1. The number of carbonyl (C=O) groups is 2. The van der Waals surface area contributed by atoms with Gasteiger partial charge < -0.3 is 20.7 Å². The van der Waals surface area contributed by atoms with E-state index in [9.17, 15) is 22.8 Å². The van der Waals surface area contributed by atoms with Crippen LogP contribution in [0.3, 0.4) is 0 Å². The molecule has 1 aromatic heterocycles. The lowest BCUT2D eigenvalue weighted by Gasteiger charge is -2.25. The van der Waals surface area contributed by atoms with E-state index in [2.05, 4.69) is 25.9 Å². The van der Waals surface area contributed by atoms with Gasteiger partial charge in [-0.1, -0.05) is 19.9 Å². The third-order valence-electron chi connectivity index (χ3n) is 4.98. The van der Waals surface area contributed by atoms with Crippen LogP contribution in [0, 0.1) is 5.92 Å². The number of fused-ring (bicyclic) bond motifs is 1. The molecule has 36 heavy (non-hydrogen) atoms. The van der Waals surface area contributed by atoms with Gasteiger partial charge in [-0.3, -0.25) is 4.79 Å². The van der Waals surface area contributed by atoms with E-state index in [0.717, 1.165) is 12.1 Å². The minimum atomic E-state index is -4.48. The molecular formula is C25H28F3N5O3. The monoisotopic (exact) mass is 503 g/mol. The number of nitrogens with zero attached hydrogens (tertiary/aromatic N) is 2. The highest BCUT2D eigenvalue weighted by Gasteiger charge is 2.30. The maximum absolute atomic E-state index is 13.1. The summed E-state index contributed by atoms with van der Waals surface area (Å²) in [6.07, 6.45) is -3.91. The molecule has 0 unspecified atom stereocenters. The maximum atomic E-state index is 13.1. The third kappa shape index (κ3) is 7.06. The van der Waals surface area contributed by atoms with Crippen LogP contribution in [0.25, 0.3) is 10.9 Å². The van der Waals surface area contributed by atoms with Crippen LogP contribution in [0.2, 0.25) is 0 Å². The van der Waals surface area contributed by atoms with E-state index in [1.807, 2.05) is 0 Å². The van der Waals surface area contributed by atoms with Crippen molar-refractivity contribution in [3.8, 4) is 0 Å². The molecule has 8 nitrogen and oxygen atoms in total. The van der Waals surface area contributed by atoms with Crippen LogP contribution in [-0.4, -0.2) is 33.6 Å². The number of alkyl halides is 3. The van der Waals surface area contributed by atoms with E-state index < -0.39 is 35.4 Å². The Morgan fingerprint density at radius 3 is 2.33 bits per heavy atom. The summed E-state index contributed by atoms with van der Waals surface area (Å²) >= 11 is 0. The highest BCUT2D eigenvalue weighted by atomic mass is 19.4. The number of alkyl carbamates (subject to hydrolysis) is 1. The second-order valence-corrected chi connectivity index (χ2v) is 9.51. The first-order valence-corrected chi connectivity index (χ1v) is 11.2. The molecule has 1 atom stereocenters. The zero-order valence-electron chi connectivity index (χ0n) is 20.5. The van der Waals surface area contributed by atoms with Gasteiger partial charge in [-0.15, -0.1) is 0 Å². The molecule has 3 N–H and O–H groups in total. The topological polar surface area (TPSA) is 105 Å². The predicted octanol–water partition coefficient (Wildman–Crippen LogP) is 5.88. The van der Waals surface area contributed by atoms with Crippen molar-refractivity contribution in [2.75, 3.05) is 10.6 Å². The van der Waals surface area contributed by atoms with Gasteiger partial charge in [0.2, 0.25) is 5.91 Å². The normalized spacial score (nSPS) is 12.8. The summed E-state index contributed by atoms with van der Waals surface area (Å²) in [6, 6.07) is 8.76. The highest BCUT2D eigenvalue weighted by molar-refractivity contribution is 6.00. The van der Waals surface area contributed by atoms with Crippen molar-refractivity contribution in [2.24, 2.45) is 5.92 Å². The van der Waals surface area contributed by atoms with E-state index in [0.29, 0.717) is 16.6 Å². The zero-order valence-corrected chi connectivity index (χ0v) is 20.5. The van der Waals surface area contributed by atoms with Crippen LogP contribution < -0.4 is 16.0 Å². The minimum Gasteiger partial charge on any atom is -0.444 e. The molecule has 3 aromatic rings. The number of rotatable bonds is 6. The van der Waals surface area contributed by atoms with E-state index in [-0.39, 0.29) is 17.4 Å². The molecule has 192 valence electrons. The largest absolute Gasteiger partial charge is 0.444 e. The van der Waals surface area contributed by atoms with Gasteiger partial charge >= 0.3 is 12.3 Å². The van der Waals surface area contributed by atoms with Crippen LogP contribution in [0.1, 0.15) is 40.2 Å². The molecule has 0 saturated heterocycles. The molecule has 0 bridgehead atoms. The van der Waals surface area contributed by atoms with Crippen molar-refractivity contribution in [1.82, 2.24) is 15.3 Å². The van der Waals surface area contributed by atoms with E-state index in [1.54, 1.807) is 52.8 Å². The molecule has 2 amide bonds. The lowest BCUT2D eigenvalue weighted by atomic mass is 10.0. The summed E-state index contributed by atoms with van der Waals surface area (Å²) in [6.45, 7) is 8.73. The van der Waals surface area contributed by atoms with Crippen molar-refractivity contribution in [3.05, 3.63) is 54.4 Å². The number of carbonyl (C=O) groups excluding carboxylic acids is 2. The van der Waals surface area contributed by atoms with Gasteiger partial charge in [0, 0.05) is 16.8 Å². The van der Waals surface area contributed by atoms with E-state index >= 15 is 0 Å². The Morgan fingerprint density at radius 2 is 1.69 bits per heavy atom. The minimum absolute atomic E-state index is 0.195. The lowest BCUT2D eigenvalue weighted by molar-refractivity contribution is -0.137. The zero-order chi connectivity index (χ0) is 26.7. The van der Waals surface area contributed by atoms with Crippen LogP contribution in [0.5, 0.6) is 0 Å². The van der Waals surface area contributed by atoms with Gasteiger partial charge in [-0.25, -0.2) is 14.8 Å². The van der Waals surface area contributed by atoms with Crippen molar-refractivity contribution in [1.29, 1.82) is 0 Å². The number of hydrogen-bond donors (Lipinski definition) is 3. The molecule has 2 aromatic carbocycles. The third-order valence-corrected chi connectivity index (χ3v) is 4.98. The fourth-order valence-corrected chi connectivity index (χ4v) is 3.33. The Bertz CT molecular complexity index is 1260. The summed E-state index contributed by atoms with van der Waals surface area (Å²) < 4.78 is 44.5. The Morgan fingerprint density at radius 1 is 0.972 bits per heavy atom. The summed E-state index contributed by atoms with van der Waals surface area (Å²) in [5.74, 6) is -0.429. The average Bonchev–Trinajstić information content (AvgIpc) is 2.76. The lowest BCUT2D eigenvalue weighted by Crippen LogP contribution is -2.48. The molecule has 0 aliphatic rings. The van der Waals surface area contributed by atoms with Crippen LogP contribution in [-0.2, 0) is 15.7 Å². The second kappa shape index (κ2) is 10.4. The van der Waals surface area contributed by atoms with E-state index in [1.165, 1.54) is 18.5 Å². The first-order chi connectivity index (χ1) is 16.7. The molecule has 1 heterocycles. The van der Waals surface area contributed by atoms with Gasteiger partial charge in [-0.2, -0.15) is 13.2 Å². The summed E-state index contributed by atoms with van der Waals surface area (Å²) in [4.78, 5) is 33.5. The van der Waals surface area contributed by atoms with Gasteiger partial charge in [0.05, 0.1) is 11.1 Å². The number of aromatic nitrogens is 2. The molecular weight excluding hydrogens is 475 g/mol. The molecule has 3 rings (SSSR count). The van der Waals surface area contributed by atoms with Crippen molar-refractivity contribution < 1.29 is 27.5 Å². The summed E-state index contributed by atoms with van der Waals surface area (Å²) in [7, 11) is 0. The van der Waals surface area contributed by atoms with Gasteiger partial charge in [-0.05, 0) is 63.1 Å². The van der Waals surface area contributed by atoms with Gasteiger partial charge in [0.1, 0.15) is 23.8 Å². The molecule has 0 aliphatic carbocycles. The fourth-order valence-electron chi connectivity index (χ4n) is 3.33. The number of ether oxygens (including phenoxy) is 1. The Kier molecular flexibility index (Phi) is 7.71. The number of halogens is 3. The fraction of sp³-hybridized carbons (Fsp3) is 0.360. The molecule has 11 heteroatoms. The van der Waals surface area contributed by atoms with Crippen molar-refractivity contribution >= 4 is 40.1 Å². The Labute approximate surface area is 206 Å². The number of benzene rings is 2. The molecule has 0 aliphatic heterocycles. The SMILES string of the molecule is CC(C)[C@@H](NC(=O)OC(C)(C)C)C(=O)Nc1ccc2ncnc(Nc3cccc(C(F)(F)F)c3)c2c1. The van der Waals surface area contributed by atoms with Crippen molar-refractivity contribution in [2.45, 2.75) is 52.4 Å². The molecule has 0 radical (unpaired) electrons. The van der Waals surface area contributed by atoms with Gasteiger partial charge in [0.25, 0.3) is 0 Å². The average molecular weight is 504 g/mol. The predicted molar refractivity (Wildman–Crippen MR) is 131 cm³/mol. The molecule has 0 spiro atoms. The molecule has 0 fully saturated rings. The quantitative estimate of drug-likeness (QED) is 0.388. The summed E-state index contributed by atoms with van der Waals surface area (Å²) in [5, 5.41) is 8.72. The number of amides is 2. The van der Waals surface area contributed by atoms with Crippen LogP contribution >= 0.6 is 0 Å². The second-order valence-electron chi connectivity index (χ2n) is 9.51. The Hall–Kier alpha value is -3.89. The number of nitrogens with one attached hydrogen (secondary N) is 3. The van der Waals surface area contributed by atoms with Crippen LogP contribution in [0.4, 0.5) is 35.2 Å². The maximum Gasteiger partial charge on any atom is 0.416 e. The first kappa shape index (κ1) is 26.7. The van der Waals surface area contributed by atoms with Crippen LogP contribution in [0.15, 0.2) is 48.8 Å². The Balaban J connectivity index is 1.84. The smallest absolute Gasteiger partial charge is 0.416 e. The molecule has 0 saturated carbocycles. The van der Waals surface area contributed by atoms with E-state index in [4.69, 9.17) is 4.74 Å². The highest BCUT2D eigenvalue weighted by Crippen LogP contribution is 2.32.